The van der Waals surface area contributed by atoms with E-state index in [1.165, 1.54) is 4.90 Å². The molecule has 8 heteroatoms. The molecule has 0 bridgehead atoms. The third-order valence-electron chi connectivity index (χ3n) is 4.76. The molecule has 140 valence electrons. The Bertz CT molecular complexity index is 686. The van der Waals surface area contributed by atoms with Gasteiger partial charge in [-0.1, -0.05) is 23.7 Å². The number of halogens is 1. The van der Waals surface area contributed by atoms with Gasteiger partial charge in [-0.05, 0) is 24.6 Å². The number of nitrogens with zero attached hydrogens (tertiary/aromatic N) is 3. The lowest BCUT2D eigenvalue weighted by Crippen LogP contribution is -2.53. The molecule has 3 rings (SSSR count). The first-order valence-electron chi connectivity index (χ1n) is 8.74. The first-order valence-corrected chi connectivity index (χ1v) is 9.11. The van der Waals surface area contributed by atoms with Crippen molar-refractivity contribution in [3.05, 3.63) is 34.9 Å². The van der Waals surface area contributed by atoms with Crippen LogP contribution < -0.4 is 0 Å². The van der Waals surface area contributed by atoms with Crippen molar-refractivity contribution < 1.29 is 19.1 Å². The first kappa shape index (κ1) is 18.7. The van der Waals surface area contributed by atoms with Gasteiger partial charge in [0.15, 0.2) is 0 Å². The van der Waals surface area contributed by atoms with Gasteiger partial charge in [0, 0.05) is 31.2 Å². The number of hydrogen-bond donors (Lipinski definition) is 0. The van der Waals surface area contributed by atoms with E-state index < -0.39 is 6.04 Å². The van der Waals surface area contributed by atoms with Crippen LogP contribution in [-0.4, -0.2) is 71.4 Å². The second-order valence-corrected chi connectivity index (χ2v) is 6.82. The molecule has 1 aromatic carbocycles. The van der Waals surface area contributed by atoms with Gasteiger partial charge in [0.1, 0.15) is 0 Å². The Kier molecular flexibility index (Phi) is 5.78. The SMILES string of the molecule is CCOC(=O)N1CCN([C@@H]2CC(=O)N(Cc3ccc(Cl)cc3)C2=O)CC1. The molecule has 2 fully saturated rings. The number of carbonyl (C=O) groups is 3. The molecule has 0 unspecified atom stereocenters. The molecule has 2 aliphatic heterocycles. The summed E-state index contributed by atoms with van der Waals surface area (Å²) < 4.78 is 5.00. The van der Waals surface area contributed by atoms with Gasteiger partial charge in [0.05, 0.1) is 25.6 Å². The topological polar surface area (TPSA) is 70.2 Å². The van der Waals surface area contributed by atoms with E-state index in [-0.39, 0.29) is 30.9 Å². The zero-order valence-electron chi connectivity index (χ0n) is 14.7. The fourth-order valence-corrected chi connectivity index (χ4v) is 3.45. The Hall–Kier alpha value is -2.12. The van der Waals surface area contributed by atoms with Crippen LogP contribution in [0.4, 0.5) is 4.79 Å². The summed E-state index contributed by atoms with van der Waals surface area (Å²) in [5, 5.41) is 0.616. The Labute approximate surface area is 157 Å². The van der Waals surface area contributed by atoms with Crippen molar-refractivity contribution in [2.75, 3.05) is 32.8 Å². The highest BCUT2D eigenvalue weighted by Crippen LogP contribution is 2.23. The fraction of sp³-hybridized carbons (Fsp3) is 0.500. The second-order valence-electron chi connectivity index (χ2n) is 6.39. The van der Waals surface area contributed by atoms with Gasteiger partial charge in [-0.25, -0.2) is 4.79 Å². The van der Waals surface area contributed by atoms with Crippen LogP contribution in [0, 0.1) is 0 Å². The van der Waals surface area contributed by atoms with Crippen molar-refractivity contribution in [3.8, 4) is 0 Å². The highest BCUT2D eigenvalue weighted by molar-refractivity contribution is 6.30. The molecular weight excluding hydrogens is 358 g/mol. The molecule has 3 amide bonds. The van der Waals surface area contributed by atoms with Gasteiger partial charge in [-0.2, -0.15) is 0 Å². The number of amides is 3. The normalized spacial score (nSPS) is 21.4. The van der Waals surface area contributed by atoms with E-state index in [0.29, 0.717) is 37.8 Å². The van der Waals surface area contributed by atoms with Crippen molar-refractivity contribution in [2.45, 2.75) is 25.9 Å². The largest absolute Gasteiger partial charge is 0.450 e. The maximum atomic E-state index is 12.7. The summed E-state index contributed by atoms with van der Waals surface area (Å²) in [5.74, 6) is -0.336. The molecule has 1 atom stereocenters. The van der Waals surface area contributed by atoms with Crippen molar-refractivity contribution in [1.82, 2.24) is 14.7 Å². The highest BCUT2D eigenvalue weighted by atomic mass is 35.5. The van der Waals surface area contributed by atoms with Gasteiger partial charge < -0.3 is 9.64 Å². The smallest absolute Gasteiger partial charge is 0.409 e. The Morgan fingerprint density at radius 3 is 2.42 bits per heavy atom. The molecule has 26 heavy (non-hydrogen) atoms. The van der Waals surface area contributed by atoms with Crippen LogP contribution in [0.5, 0.6) is 0 Å². The van der Waals surface area contributed by atoms with E-state index in [9.17, 15) is 14.4 Å². The van der Waals surface area contributed by atoms with Crippen LogP contribution in [0.1, 0.15) is 18.9 Å². The van der Waals surface area contributed by atoms with E-state index in [1.807, 2.05) is 17.0 Å². The summed E-state index contributed by atoms with van der Waals surface area (Å²) in [4.78, 5) is 41.8. The molecule has 0 aromatic heterocycles. The lowest BCUT2D eigenvalue weighted by molar-refractivity contribution is -0.140. The second kappa shape index (κ2) is 8.05. The molecule has 0 N–H and O–H groups in total. The summed E-state index contributed by atoms with van der Waals surface area (Å²) in [6.07, 6.45) is -0.142. The lowest BCUT2D eigenvalue weighted by atomic mass is 10.2. The molecule has 7 nitrogen and oxygen atoms in total. The molecule has 0 saturated carbocycles. The number of hydrogen-bond acceptors (Lipinski definition) is 5. The third-order valence-corrected chi connectivity index (χ3v) is 5.01. The Balaban J connectivity index is 1.59. The number of imide groups is 1. The molecule has 2 aliphatic rings. The van der Waals surface area contributed by atoms with Gasteiger partial charge in [-0.15, -0.1) is 0 Å². The highest BCUT2D eigenvalue weighted by Gasteiger charge is 2.42. The zero-order chi connectivity index (χ0) is 18.7. The standard InChI is InChI=1S/C18H22ClN3O4/c1-2-26-18(25)21-9-7-20(8-10-21)15-11-16(23)22(17(15)24)12-13-3-5-14(19)6-4-13/h3-6,15H,2,7-12H2,1H3/t15-/m1/s1. The van der Waals surface area contributed by atoms with Crippen LogP contribution in [0.15, 0.2) is 24.3 Å². The lowest BCUT2D eigenvalue weighted by Gasteiger charge is -2.36. The molecule has 0 radical (unpaired) electrons. The number of ether oxygens (including phenoxy) is 1. The minimum absolute atomic E-state index is 0.164. The van der Waals surface area contributed by atoms with E-state index in [4.69, 9.17) is 16.3 Å². The monoisotopic (exact) mass is 379 g/mol. The first-order chi connectivity index (χ1) is 12.5. The Morgan fingerprint density at radius 1 is 1.15 bits per heavy atom. The van der Waals surface area contributed by atoms with E-state index in [2.05, 4.69) is 0 Å². The number of piperazine rings is 1. The Morgan fingerprint density at radius 2 is 1.81 bits per heavy atom. The fourth-order valence-electron chi connectivity index (χ4n) is 3.32. The van der Waals surface area contributed by atoms with Crippen LogP contribution in [0.3, 0.4) is 0 Å². The zero-order valence-corrected chi connectivity index (χ0v) is 15.4. The predicted molar refractivity (Wildman–Crippen MR) is 95.6 cm³/mol. The van der Waals surface area contributed by atoms with Gasteiger partial charge in [0.25, 0.3) is 0 Å². The summed E-state index contributed by atoms with van der Waals surface area (Å²) >= 11 is 5.87. The average Bonchev–Trinajstić information content (AvgIpc) is 2.92. The van der Waals surface area contributed by atoms with E-state index in [1.54, 1.807) is 24.0 Å². The maximum absolute atomic E-state index is 12.7. The molecule has 2 heterocycles. The van der Waals surface area contributed by atoms with Crippen LogP contribution in [0.25, 0.3) is 0 Å². The van der Waals surface area contributed by atoms with Crippen molar-refractivity contribution in [2.24, 2.45) is 0 Å². The van der Waals surface area contributed by atoms with Crippen molar-refractivity contribution in [3.63, 3.8) is 0 Å². The minimum atomic E-state index is -0.445. The van der Waals surface area contributed by atoms with E-state index in [0.717, 1.165) is 5.56 Å². The number of benzene rings is 1. The van der Waals surface area contributed by atoms with Crippen LogP contribution in [0.2, 0.25) is 5.02 Å². The predicted octanol–water partition coefficient (Wildman–Crippen LogP) is 1.74. The van der Waals surface area contributed by atoms with E-state index >= 15 is 0 Å². The molecule has 0 spiro atoms. The number of carbonyl (C=O) groups excluding carboxylic acids is 3. The number of likely N-dealkylation sites (tertiary alicyclic amines) is 1. The van der Waals surface area contributed by atoms with Gasteiger partial charge in [0.2, 0.25) is 11.8 Å². The van der Waals surface area contributed by atoms with Crippen molar-refractivity contribution >= 4 is 29.5 Å². The van der Waals surface area contributed by atoms with Crippen molar-refractivity contribution in [1.29, 1.82) is 0 Å². The van der Waals surface area contributed by atoms with Gasteiger partial charge in [-0.3, -0.25) is 19.4 Å². The quantitative estimate of drug-likeness (QED) is 0.745. The third kappa shape index (κ3) is 3.99. The summed E-state index contributed by atoms with van der Waals surface area (Å²) in [7, 11) is 0. The molecule has 0 aliphatic carbocycles. The van der Waals surface area contributed by atoms with Gasteiger partial charge >= 0.3 is 6.09 Å². The maximum Gasteiger partial charge on any atom is 0.409 e. The van der Waals surface area contributed by atoms with Crippen LogP contribution in [-0.2, 0) is 20.9 Å². The number of rotatable bonds is 4. The molecular formula is C18H22ClN3O4. The molecule has 2 saturated heterocycles. The summed E-state index contributed by atoms with van der Waals surface area (Å²) in [5.41, 5.74) is 0.865. The van der Waals surface area contributed by atoms with Crippen LogP contribution >= 0.6 is 11.6 Å². The molecule has 1 aromatic rings. The minimum Gasteiger partial charge on any atom is -0.450 e. The summed E-state index contributed by atoms with van der Waals surface area (Å²) in [6.45, 7) is 4.46. The summed E-state index contributed by atoms with van der Waals surface area (Å²) in [6, 6.07) is 6.67. The average molecular weight is 380 g/mol.